The molecule has 2 rings (SSSR count). The lowest BCUT2D eigenvalue weighted by Gasteiger charge is -2.30. The van der Waals surface area contributed by atoms with E-state index in [-0.39, 0.29) is 6.10 Å². The maximum Gasteiger partial charge on any atom is 0.0580 e. The van der Waals surface area contributed by atoms with E-state index >= 15 is 0 Å². The van der Waals surface area contributed by atoms with E-state index in [1.165, 1.54) is 18.4 Å². The van der Waals surface area contributed by atoms with E-state index in [9.17, 15) is 5.11 Å². The smallest absolute Gasteiger partial charge is 0.0580 e. The highest BCUT2D eigenvalue weighted by molar-refractivity contribution is 6.30. The Balaban J connectivity index is 1.93. The molecule has 1 aromatic rings. The number of hydrogen-bond donors (Lipinski definition) is 2. The van der Waals surface area contributed by atoms with Crippen LogP contribution in [0.4, 0.5) is 0 Å². The molecule has 20 heavy (non-hydrogen) atoms. The molecule has 1 aromatic carbocycles. The predicted octanol–water partition coefficient (Wildman–Crippen LogP) is 4.32. The minimum Gasteiger partial charge on any atom is -0.393 e. The van der Waals surface area contributed by atoms with Crippen LogP contribution in [0.1, 0.15) is 57.1 Å². The molecule has 0 spiro atoms. The average molecular weight is 296 g/mol. The first-order valence-electron chi connectivity index (χ1n) is 7.87. The van der Waals surface area contributed by atoms with Crippen LogP contribution in [-0.4, -0.2) is 17.8 Å². The van der Waals surface area contributed by atoms with Gasteiger partial charge in [0.15, 0.2) is 0 Å². The Morgan fingerprint density at radius 2 is 1.95 bits per heavy atom. The molecule has 1 fully saturated rings. The normalized spacial score (nSPS) is 24.6. The molecular weight excluding hydrogens is 270 g/mol. The lowest BCUT2D eigenvalue weighted by molar-refractivity contribution is 0.0679. The largest absolute Gasteiger partial charge is 0.393 e. The number of aliphatic hydroxyl groups excluding tert-OH is 1. The van der Waals surface area contributed by atoms with Gasteiger partial charge in [0, 0.05) is 17.6 Å². The van der Waals surface area contributed by atoms with Crippen molar-refractivity contribution in [2.45, 2.75) is 57.6 Å². The van der Waals surface area contributed by atoms with Gasteiger partial charge < -0.3 is 10.4 Å². The van der Waals surface area contributed by atoms with E-state index in [1.807, 2.05) is 12.1 Å². The van der Waals surface area contributed by atoms with E-state index < -0.39 is 0 Å². The molecule has 3 atom stereocenters. The zero-order chi connectivity index (χ0) is 14.4. The van der Waals surface area contributed by atoms with Crippen LogP contribution in [0, 0.1) is 5.92 Å². The number of benzene rings is 1. The average Bonchev–Trinajstić information content (AvgIpc) is 2.46. The van der Waals surface area contributed by atoms with Gasteiger partial charge in [-0.25, -0.2) is 0 Å². The molecular formula is C17H26ClNO. The molecule has 0 saturated heterocycles. The van der Waals surface area contributed by atoms with Crippen molar-refractivity contribution in [2.75, 3.05) is 6.54 Å². The first kappa shape index (κ1) is 15.8. The lowest BCUT2D eigenvalue weighted by atomic mass is 9.86. The molecule has 1 aliphatic rings. The zero-order valence-corrected chi connectivity index (χ0v) is 13.1. The fourth-order valence-electron chi connectivity index (χ4n) is 3.09. The van der Waals surface area contributed by atoms with Crippen LogP contribution >= 0.6 is 11.6 Å². The van der Waals surface area contributed by atoms with Crippen LogP contribution in [0.25, 0.3) is 0 Å². The van der Waals surface area contributed by atoms with Crippen LogP contribution < -0.4 is 5.32 Å². The van der Waals surface area contributed by atoms with E-state index in [1.54, 1.807) is 0 Å². The van der Waals surface area contributed by atoms with Crippen LogP contribution in [0.3, 0.4) is 0 Å². The zero-order valence-electron chi connectivity index (χ0n) is 12.3. The van der Waals surface area contributed by atoms with Crippen molar-refractivity contribution >= 4 is 11.6 Å². The number of aliphatic hydroxyl groups is 1. The minimum atomic E-state index is -0.122. The van der Waals surface area contributed by atoms with Gasteiger partial charge in [0.25, 0.3) is 0 Å². The Morgan fingerprint density at radius 3 is 2.60 bits per heavy atom. The van der Waals surface area contributed by atoms with E-state index in [0.717, 1.165) is 37.3 Å². The van der Waals surface area contributed by atoms with Gasteiger partial charge in [0.05, 0.1) is 6.10 Å². The van der Waals surface area contributed by atoms with Crippen molar-refractivity contribution in [3.8, 4) is 0 Å². The third-order valence-corrected chi connectivity index (χ3v) is 4.60. The van der Waals surface area contributed by atoms with Crippen molar-refractivity contribution in [1.29, 1.82) is 0 Å². The Labute approximate surface area is 127 Å². The SMILES string of the molecule is CCCC(NCC1CCCCC1O)c1ccc(Cl)cc1. The van der Waals surface area contributed by atoms with Gasteiger partial charge >= 0.3 is 0 Å². The molecule has 0 heterocycles. The summed E-state index contributed by atoms with van der Waals surface area (Å²) >= 11 is 5.96. The molecule has 3 heteroatoms. The number of rotatable bonds is 6. The number of halogens is 1. The molecule has 112 valence electrons. The van der Waals surface area contributed by atoms with Gasteiger partial charge in [-0.15, -0.1) is 0 Å². The summed E-state index contributed by atoms with van der Waals surface area (Å²) in [6.45, 7) is 3.12. The standard InChI is InChI=1S/C17H26ClNO/c1-2-5-16(13-8-10-15(18)11-9-13)19-12-14-6-3-4-7-17(14)20/h8-11,14,16-17,19-20H,2-7,12H2,1H3. The van der Waals surface area contributed by atoms with Crippen molar-refractivity contribution in [3.05, 3.63) is 34.9 Å². The molecule has 2 nitrogen and oxygen atoms in total. The number of nitrogens with one attached hydrogen (secondary N) is 1. The van der Waals surface area contributed by atoms with Gasteiger partial charge in [0.2, 0.25) is 0 Å². The van der Waals surface area contributed by atoms with Crippen molar-refractivity contribution in [3.63, 3.8) is 0 Å². The third-order valence-electron chi connectivity index (χ3n) is 4.35. The van der Waals surface area contributed by atoms with Crippen molar-refractivity contribution in [2.24, 2.45) is 5.92 Å². The topological polar surface area (TPSA) is 32.3 Å². The van der Waals surface area contributed by atoms with Crippen molar-refractivity contribution in [1.82, 2.24) is 5.32 Å². The fourth-order valence-corrected chi connectivity index (χ4v) is 3.22. The van der Waals surface area contributed by atoms with Gasteiger partial charge in [0.1, 0.15) is 0 Å². The second-order valence-corrected chi connectivity index (χ2v) is 6.35. The Kier molecular flexibility index (Phi) is 6.34. The maximum atomic E-state index is 10.1. The van der Waals surface area contributed by atoms with Crippen LogP contribution in [0.2, 0.25) is 5.02 Å². The number of hydrogen-bond acceptors (Lipinski definition) is 2. The molecule has 0 bridgehead atoms. The van der Waals surface area contributed by atoms with Gasteiger partial charge in [-0.1, -0.05) is 49.9 Å². The summed E-state index contributed by atoms with van der Waals surface area (Å²) < 4.78 is 0. The summed E-state index contributed by atoms with van der Waals surface area (Å²) in [5.74, 6) is 0.412. The van der Waals surface area contributed by atoms with E-state index in [0.29, 0.717) is 12.0 Å². The molecule has 2 N–H and O–H groups in total. The second kappa shape index (κ2) is 8.02. The fraction of sp³-hybridized carbons (Fsp3) is 0.647. The molecule has 1 saturated carbocycles. The summed E-state index contributed by atoms with van der Waals surface area (Å²) in [4.78, 5) is 0. The first-order valence-corrected chi connectivity index (χ1v) is 8.25. The third kappa shape index (κ3) is 4.47. The molecule has 1 aliphatic carbocycles. The highest BCUT2D eigenvalue weighted by Gasteiger charge is 2.23. The van der Waals surface area contributed by atoms with Crippen LogP contribution in [-0.2, 0) is 0 Å². The Morgan fingerprint density at radius 1 is 1.25 bits per heavy atom. The van der Waals surface area contributed by atoms with Crippen molar-refractivity contribution < 1.29 is 5.11 Å². The highest BCUT2D eigenvalue weighted by Crippen LogP contribution is 2.26. The summed E-state index contributed by atoms with van der Waals surface area (Å²) in [7, 11) is 0. The maximum absolute atomic E-state index is 10.1. The summed E-state index contributed by atoms with van der Waals surface area (Å²) in [5, 5.41) is 14.5. The summed E-state index contributed by atoms with van der Waals surface area (Å²) in [6.07, 6.45) is 6.68. The second-order valence-electron chi connectivity index (χ2n) is 5.91. The summed E-state index contributed by atoms with van der Waals surface area (Å²) in [5.41, 5.74) is 1.29. The first-order chi connectivity index (χ1) is 9.70. The Bertz CT molecular complexity index is 392. The molecule has 0 aliphatic heterocycles. The highest BCUT2D eigenvalue weighted by atomic mass is 35.5. The van der Waals surface area contributed by atoms with E-state index in [4.69, 9.17) is 11.6 Å². The lowest BCUT2D eigenvalue weighted by Crippen LogP contribution is -2.35. The van der Waals surface area contributed by atoms with Crippen LogP contribution in [0.15, 0.2) is 24.3 Å². The van der Waals surface area contributed by atoms with E-state index in [2.05, 4.69) is 24.4 Å². The monoisotopic (exact) mass is 295 g/mol. The molecule has 0 amide bonds. The predicted molar refractivity (Wildman–Crippen MR) is 85.1 cm³/mol. The van der Waals surface area contributed by atoms with Gasteiger partial charge in [-0.3, -0.25) is 0 Å². The Hall–Kier alpha value is -0.570. The van der Waals surface area contributed by atoms with Gasteiger partial charge in [-0.2, -0.15) is 0 Å². The summed E-state index contributed by atoms with van der Waals surface area (Å²) in [6, 6.07) is 8.49. The molecule has 0 aromatic heterocycles. The molecule has 0 radical (unpaired) electrons. The minimum absolute atomic E-state index is 0.122. The quantitative estimate of drug-likeness (QED) is 0.819. The van der Waals surface area contributed by atoms with Crippen LogP contribution in [0.5, 0.6) is 0 Å². The molecule has 3 unspecified atom stereocenters. The van der Waals surface area contributed by atoms with Gasteiger partial charge in [-0.05, 0) is 42.9 Å².